The van der Waals surface area contributed by atoms with Crippen molar-refractivity contribution in [3.8, 4) is 0 Å². The number of hydrogen-bond acceptors (Lipinski definition) is 4. The van der Waals surface area contributed by atoms with Gasteiger partial charge in [0.2, 0.25) is 11.8 Å². The lowest BCUT2D eigenvalue weighted by Gasteiger charge is -2.28. The van der Waals surface area contributed by atoms with Crippen LogP contribution in [-0.2, 0) is 29.2 Å². The molecule has 4 rings (SSSR count). The molecule has 0 atom stereocenters. The number of fused-ring (bicyclic) bond motifs is 1. The Kier molecular flexibility index (Phi) is 9.96. The third-order valence-corrected chi connectivity index (χ3v) is 7.33. The Hall–Kier alpha value is -3.16. The molecular weight excluding hydrogens is 498 g/mol. The number of amides is 2. The topological polar surface area (TPSA) is 61.7 Å². The van der Waals surface area contributed by atoms with E-state index in [1.807, 2.05) is 58.7 Å². The van der Waals surface area contributed by atoms with E-state index in [0.717, 1.165) is 49.6 Å². The summed E-state index contributed by atoms with van der Waals surface area (Å²) in [5.74, 6) is 1.08. The van der Waals surface area contributed by atoms with Gasteiger partial charge in [-0.3, -0.25) is 14.5 Å². The van der Waals surface area contributed by atoms with Crippen LogP contribution in [0.1, 0.15) is 49.6 Å². The van der Waals surface area contributed by atoms with E-state index in [2.05, 4.69) is 34.1 Å². The molecule has 202 valence electrons. The summed E-state index contributed by atoms with van der Waals surface area (Å²) < 4.78 is 2.00. The van der Waals surface area contributed by atoms with Gasteiger partial charge in [0.25, 0.3) is 0 Å². The zero-order valence-corrected chi connectivity index (χ0v) is 23.2. The summed E-state index contributed by atoms with van der Waals surface area (Å²) in [7, 11) is 0. The normalized spacial score (nSPS) is 15.1. The number of nitrogens with zero attached hydrogens (tertiary/aromatic N) is 5. The maximum absolute atomic E-state index is 13.6. The van der Waals surface area contributed by atoms with Crippen LogP contribution >= 0.6 is 11.6 Å². The minimum atomic E-state index is 0.0874. The van der Waals surface area contributed by atoms with Crippen molar-refractivity contribution >= 4 is 29.1 Å². The lowest BCUT2D eigenvalue weighted by molar-refractivity contribution is -0.132. The van der Waals surface area contributed by atoms with Gasteiger partial charge in [-0.15, -0.1) is 0 Å². The summed E-state index contributed by atoms with van der Waals surface area (Å²) in [6.07, 6.45) is 6.15. The fourth-order valence-corrected chi connectivity index (χ4v) is 5.15. The minimum absolute atomic E-state index is 0.0874. The number of halogens is 1. The highest BCUT2D eigenvalue weighted by Crippen LogP contribution is 2.28. The molecule has 2 heterocycles. The number of anilines is 1. The number of carbonyl (C=O) groups is 2. The molecule has 0 bridgehead atoms. The molecule has 2 amide bonds. The standard InChI is InChI=1S/C30H38ClN5O2/c1-3-8-30(38)36-16-7-15-33(22-25-9-5-4-6-10-25)19-20-35(23-26-11-12-27(31)21-28(26)36)29(37)13-17-34-18-14-32-24(34)2/h4-6,9-12,14,18,21H,3,7-8,13,15-17,19-20,22-23H2,1-2H3. The molecule has 3 aromatic rings. The largest absolute Gasteiger partial charge is 0.337 e. The lowest BCUT2D eigenvalue weighted by atomic mass is 10.1. The smallest absolute Gasteiger partial charge is 0.226 e. The second kappa shape index (κ2) is 13.6. The number of imidazole rings is 1. The SMILES string of the molecule is CCCC(=O)N1CCCN(Cc2ccccc2)CCN(C(=O)CCn2ccnc2C)Cc2ccc(Cl)cc21. The Morgan fingerprint density at radius 2 is 1.79 bits per heavy atom. The molecule has 0 fully saturated rings. The first-order valence-corrected chi connectivity index (χ1v) is 13.9. The van der Waals surface area contributed by atoms with Crippen LogP contribution in [0.25, 0.3) is 0 Å². The quantitative estimate of drug-likeness (QED) is 0.412. The lowest BCUT2D eigenvalue weighted by Crippen LogP contribution is -2.38. The van der Waals surface area contributed by atoms with Crippen LogP contribution in [0.2, 0.25) is 5.02 Å². The van der Waals surface area contributed by atoms with Crippen LogP contribution in [0.3, 0.4) is 0 Å². The van der Waals surface area contributed by atoms with Crippen molar-refractivity contribution in [2.24, 2.45) is 0 Å². The molecule has 1 aliphatic rings. The van der Waals surface area contributed by atoms with Gasteiger partial charge in [-0.2, -0.15) is 0 Å². The van der Waals surface area contributed by atoms with Gasteiger partial charge >= 0.3 is 0 Å². The van der Waals surface area contributed by atoms with Crippen LogP contribution < -0.4 is 4.90 Å². The fourth-order valence-electron chi connectivity index (χ4n) is 4.99. The van der Waals surface area contributed by atoms with Gasteiger partial charge in [-0.1, -0.05) is 54.9 Å². The van der Waals surface area contributed by atoms with Crippen LogP contribution in [0.4, 0.5) is 5.69 Å². The monoisotopic (exact) mass is 535 g/mol. The van der Waals surface area contributed by atoms with Crippen molar-refractivity contribution in [2.45, 2.75) is 59.2 Å². The molecule has 38 heavy (non-hydrogen) atoms. The number of hydrogen-bond donors (Lipinski definition) is 0. The Morgan fingerprint density at radius 3 is 2.53 bits per heavy atom. The van der Waals surface area contributed by atoms with E-state index in [-0.39, 0.29) is 11.8 Å². The van der Waals surface area contributed by atoms with Crippen LogP contribution in [0.15, 0.2) is 60.9 Å². The molecule has 0 unspecified atom stereocenters. The van der Waals surface area contributed by atoms with Gasteiger partial charge in [0.1, 0.15) is 5.82 Å². The van der Waals surface area contributed by atoms with Gasteiger partial charge in [0.15, 0.2) is 0 Å². The minimum Gasteiger partial charge on any atom is -0.337 e. The highest BCUT2D eigenvalue weighted by Gasteiger charge is 2.24. The average molecular weight is 536 g/mol. The summed E-state index contributed by atoms with van der Waals surface area (Å²) >= 11 is 6.42. The first-order valence-electron chi connectivity index (χ1n) is 13.5. The maximum Gasteiger partial charge on any atom is 0.226 e. The van der Waals surface area contributed by atoms with Crippen molar-refractivity contribution in [3.05, 3.63) is 82.9 Å². The van der Waals surface area contributed by atoms with Gasteiger partial charge < -0.3 is 14.4 Å². The average Bonchev–Trinajstić information content (AvgIpc) is 3.31. The van der Waals surface area contributed by atoms with Crippen LogP contribution in [-0.4, -0.2) is 57.3 Å². The zero-order valence-electron chi connectivity index (χ0n) is 22.5. The van der Waals surface area contributed by atoms with E-state index < -0.39 is 0 Å². The molecule has 0 saturated carbocycles. The molecule has 0 spiro atoms. The molecule has 0 saturated heterocycles. The number of aryl methyl sites for hydroxylation is 2. The van der Waals surface area contributed by atoms with Crippen molar-refractivity contribution in [1.82, 2.24) is 19.4 Å². The number of benzene rings is 2. The van der Waals surface area contributed by atoms with Gasteiger partial charge in [0, 0.05) is 76.1 Å². The van der Waals surface area contributed by atoms with Crippen LogP contribution in [0.5, 0.6) is 0 Å². The van der Waals surface area contributed by atoms with E-state index in [1.165, 1.54) is 5.56 Å². The molecule has 7 nitrogen and oxygen atoms in total. The van der Waals surface area contributed by atoms with E-state index in [4.69, 9.17) is 11.6 Å². The van der Waals surface area contributed by atoms with E-state index in [0.29, 0.717) is 44.0 Å². The van der Waals surface area contributed by atoms with Crippen molar-refractivity contribution in [2.75, 3.05) is 31.1 Å². The molecule has 0 aliphatic carbocycles. The van der Waals surface area contributed by atoms with Crippen molar-refractivity contribution in [3.63, 3.8) is 0 Å². The second-order valence-electron chi connectivity index (χ2n) is 9.92. The Balaban J connectivity index is 1.62. The molecule has 0 radical (unpaired) electrons. The van der Waals surface area contributed by atoms with Gasteiger partial charge in [-0.05, 0) is 43.0 Å². The predicted molar refractivity (Wildman–Crippen MR) is 152 cm³/mol. The molecular formula is C30H38ClN5O2. The first kappa shape index (κ1) is 27.9. The summed E-state index contributed by atoms with van der Waals surface area (Å²) in [5, 5.41) is 0.590. The number of carbonyl (C=O) groups excluding carboxylic acids is 2. The summed E-state index contributed by atoms with van der Waals surface area (Å²) in [6.45, 7) is 8.61. The molecule has 2 aromatic carbocycles. The Morgan fingerprint density at radius 1 is 0.974 bits per heavy atom. The van der Waals surface area contributed by atoms with Crippen LogP contribution in [0, 0.1) is 6.92 Å². The number of aromatic nitrogens is 2. The van der Waals surface area contributed by atoms with Crippen molar-refractivity contribution < 1.29 is 9.59 Å². The zero-order chi connectivity index (χ0) is 26.9. The summed E-state index contributed by atoms with van der Waals surface area (Å²) in [4.78, 5) is 37.3. The summed E-state index contributed by atoms with van der Waals surface area (Å²) in [5.41, 5.74) is 3.00. The number of rotatable bonds is 7. The molecule has 0 N–H and O–H groups in total. The molecule has 8 heteroatoms. The Bertz CT molecular complexity index is 1210. The highest BCUT2D eigenvalue weighted by molar-refractivity contribution is 6.31. The Labute approximate surface area is 231 Å². The first-order chi connectivity index (χ1) is 18.4. The van der Waals surface area contributed by atoms with Crippen molar-refractivity contribution in [1.29, 1.82) is 0 Å². The maximum atomic E-state index is 13.6. The molecule has 1 aromatic heterocycles. The predicted octanol–water partition coefficient (Wildman–Crippen LogP) is 5.30. The fraction of sp³-hybridized carbons (Fsp3) is 0.433. The summed E-state index contributed by atoms with van der Waals surface area (Å²) in [6, 6.07) is 16.1. The third-order valence-electron chi connectivity index (χ3n) is 7.10. The van der Waals surface area contributed by atoms with E-state index in [9.17, 15) is 9.59 Å². The molecule has 1 aliphatic heterocycles. The van der Waals surface area contributed by atoms with Gasteiger partial charge in [0.05, 0.1) is 5.69 Å². The highest BCUT2D eigenvalue weighted by atomic mass is 35.5. The van der Waals surface area contributed by atoms with Gasteiger partial charge in [-0.25, -0.2) is 4.98 Å². The van der Waals surface area contributed by atoms with E-state index >= 15 is 0 Å². The third kappa shape index (κ3) is 7.45. The second-order valence-corrected chi connectivity index (χ2v) is 10.4. The van der Waals surface area contributed by atoms with E-state index in [1.54, 1.807) is 6.20 Å².